The zero-order valence-corrected chi connectivity index (χ0v) is 25.6. The van der Waals surface area contributed by atoms with Crippen LogP contribution in [0.5, 0.6) is 23.1 Å². The molecule has 0 fully saturated rings. The van der Waals surface area contributed by atoms with E-state index in [1.54, 1.807) is 31.1 Å². The highest BCUT2D eigenvalue weighted by atomic mass is 79.9. The van der Waals surface area contributed by atoms with Crippen LogP contribution in [-0.4, -0.2) is 33.8 Å². The highest BCUT2D eigenvalue weighted by Gasteiger charge is 2.38. The number of nitrogens with zero attached hydrogens (tertiary/aromatic N) is 4. The Hall–Kier alpha value is -5.48. The summed E-state index contributed by atoms with van der Waals surface area (Å²) in [4.78, 5) is 23.4. The maximum Gasteiger partial charge on any atom is 0.344 e. The number of para-hydroxylation sites is 1. The number of halogens is 1. The summed E-state index contributed by atoms with van der Waals surface area (Å²) in [6, 6.07) is 29.2. The molecule has 0 aliphatic carbocycles. The SMILES string of the molecule is COc1cc(C2c3c(c4ccccc4oc3=O)Oc3ncn4nc(-c5ccc(-c6ccccc6)cc5)nc4c32)cc(Br)c1OC. The first kappa shape index (κ1) is 27.1. The average Bonchev–Trinajstić information content (AvgIpc) is 3.52. The van der Waals surface area contributed by atoms with E-state index >= 15 is 0 Å². The van der Waals surface area contributed by atoms with Crippen molar-refractivity contribution in [2.75, 3.05) is 14.2 Å². The van der Waals surface area contributed by atoms with Crippen LogP contribution in [0, 0.1) is 0 Å². The van der Waals surface area contributed by atoms with Gasteiger partial charge in [-0.1, -0.05) is 66.7 Å². The van der Waals surface area contributed by atoms with E-state index in [1.807, 2.05) is 72.8 Å². The molecule has 220 valence electrons. The van der Waals surface area contributed by atoms with E-state index in [9.17, 15) is 4.79 Å². The zero-order valence-electron chi connectivity index (χ0n) is 24.0. The maximum atomic E-state index is 13.8. The molecule has 0 spiro atoms. The molecular weight excluding hydrogens is 636 g/mol. The lowest BCUT2D eigenvalue weighted by atomic mass is 9.84. The predicted octanol–water partition coefficient (Wildman–Crippen LogP) is 7.63. The molecule has 1 aliphatic heterocycles. The van der Waals surface area contributed by atoms with Crippen molar-refractivity contribution in [3.8, 4) is 45.6 Å². The second kappa shape index (κ2) is 10.6. The van der Waals surface area contributed by atoms with Gasteiger partial charge in [0.25, 0.3) is 0 Å². The van der Waals surface area contributed by atoms with Gasteiger partial charge in [-0.25, -0.2) is 19.3 Å². The molecule has 0 saturated heterocycles. The summed E-state index contributed by atoms with van der Waals surface area (Å²) in [6.45, 7) is 0. The second-order valence-electron chi connectivity index (χ2n) is 10.5. The number of rotatable bonds is 5. The molecule has 10 heteroatoms. The van der Waals surface area contributed by atoms with Gasteiger partial charge in [0.2, 0.25) is 5.88 Å². The number of hydrogen-bond acceptors (Lipinski definition) is 8. The van der Waals surface area contributed by atoms with Crippen molar-refractivity contribution >= 4 is 32.5 Å². The number of hydrogen-bond donors (Lipinski definition) is 0. The standard InChI is InChI=1S/C35H23BrN4O5/c1-42-26-17-22(16-24(36)31(26)43-2)27-28-30(23-10-6-7-11-25(23)44-35(28)41)45-34-29(27)33-38-32(39-40(33)18-37-34)21-14-12-20(13-15-21)19-8-4-3-5-9-19/h3-18,27H,1-2H3. The lowest BCUT2D eigenvalue weighted by Crippen LogP contribution is -2.22. The van der Waals surface area contributed by atoms with Crippen LogP contribution < -0.4 is 19.8 Å². The molecule has 0 N–H and O–H groups in total. The van der Waals surface area contributed by atoms with E-state index in [4.69, 9.17) is 28.7 Å². The molecule has 9 nitrogen and oxygen atoms in total. The van der Waals surface area contributed by atoms with Gasteiger partial charge in [-0.3, -0.25) is 0 Å². The van der Waals surface area contributed by atoms with Gasteiger partial charge in [-0.05, 0) is 56.9 Å². The topological polar surface area (TPSA) is 101 Å². The fraction of sp³-hybridized carbons (Fsp3) is 0.0857. The van der Waals surface area contributed by atoms with Gasteiger partial charge in [-0.15, -0.1) is 5.10 Å². The van der Waals surface area contributed by atoms with Gasteiger partial charge < -0.3 is 18.6 Å². The number of benzene rings is 4. The number of methoxy groups -OCH3 is 2. The molecule has 4 aromatic carbocycles. The highest BCUT2D eigenvalue weighted by Crippen LogP contribution is 2.51. The highest BCUT2D eigenvalue weighted by molar-refractivity contribution is 9.10. The fourth-order valence-electron chi connectivity index (χ4n) is 5.93. The van der Waals surface area contributed by atoms with Crippen LogP contribution in [0.25, 0.3) is 39.1 Å². The van der Waals surface area contributed by atoms with E-state index in [1.165, 1.54) is 0 Å². The minimum absolute atomic E-state index is 0.319. The Kier molecular flexibility index (Phi) is 6.38. The summed E-state index contributed by atoms with van der Waals surface area (Å²) in [7, 11) is 3.13. The summed E-state index contributed by atoms with van der Waals surface area (Å²) in [5, 5.41) is 5.42. The number of fused-ring (bicyclic) bond motifs is 6. The summed E-state index contributed by atoms with van der Waals surface area (Å²) in [5.74, 6) is 1.54. The molecule has 0 bridgehead atoms. The predicted molar refractivity (Wildman–Crippen MR) is 172 cm³/mol. The zero-order chi connectivity index (χ0) is 30.7. The molecule has 4 heterocycles. The van der Waals surface area contributed by atoms with E-state index in [0.29, 0.717) is 61.2 Å². The molecule has 8 rings (SSSR count). The Morgan fingerprint density at radius 3 is 2.36 bits per heavy atom. The van der Waals surface area contributed by atoms with Gasteiger partial charge in [0.15, 0.2) is 28.7 Å². The van der Waals surface area contributed by atoms with Crippen LogP contribution in [-0.2, 0) is 0 Å². The van der Waals surface area contributed by atoms with Crippen molar-refractivity contribution < 1.29 is 18.6 Å². The second-order valence-corrected chi connectivity index (χ2v) is 11.4. The summed E-state index contributed by atoms with van der Waals surface area (Å²) in [6.07, 6.45) is 1.57. The van der Waals surface area contributed by atoms with Crippen LogP contribution in [0.3, 0.4) is 0 Å². The van der Waals surface area contributed by atoms with Crippen LogP contribution in [0.4, 0.5) is 0 Å². The molecular formula is C35H23BrN4O5. The van der Waals surface area contributed by atoms with Crippen LogP contribution in [0.15, 0.2) is 111 Å². The van der Waals surface area contributed by atoms with E-state index in [-0.39, 0.29) is 0 Å². The third-order valence-corrected chi connectivity index (χ3v) is 8.59. The summed E-state index contributed by atoms with van der Waals surface area (Å²) >= 11 is 3.62. The third-order valence-electron chi connectivity index (χ3n) is 8.00. The van der Waals surface area contributed by atoms with Gasteiger partial charge >= 0.3 is 5.63 Å². The van der Waals surface area contributed by atoms with Crippen LogP contribution >= 0.6 is 15.9 Å². The van der Waals surface area contributed by atoms with E-state index < -0.39 is 11.5 Å². The third kappa shape index (κ3) is 4.36. The lowest BCUT2D eigenvalue weighted by molar-refractivity contribution is 0.352. The smallest absolute Gasteiger partial charge is 0.344 e. The van der Waals surface area contributed by atoms with Crippen molar-refractivity contribution in [1.82, 2.24) is 19.6 Å². The van der Waals surface area contributed by atoms with Crippen molar-refractivity contribution in [2.45, 2.75) is 5.92 Å². The first-order chi connectivity index (χ1) is 22.0. The average molecular weight is 659 g/mol. The maximum absolute atomic E-state index is 13.8. The van der Waals surface area contributed by atoms with E-state index in [0.717, 1.165) is 22.3 Å². The molecule has 0 saturated carbocycles. The molecule has 1 aliphatic rings. The molecule has 0 radical (unpaired) electrons. The largest absolute Gasteiger partial charge is 0.493 e. The van der Waals surface area contributed by atoms with Gasteiger partial charge in [-0.2, -0.15) is 0 Å². The molecule has 1 unspecified atom stereocenters. The molecule has 7 aromatic rings. The van der Waals surface area contributed by atoms with Crippen molar-refractivity contribution in [3.05, 3.63) is 129 Å². The van der Waals surface area contributed by atoms with Gasteiger partial charge in [0.05, 0.1) is 41.1 Å². The Morgan fingerprint density at radius 2 is 1.58 bits per heavy atom. The van der Waals surface area contributed by atoms with E-state index in [2.05, 4.69) is 33.0 Å². The normalized spacial score (nSPS) is 13.7. The van der Waals surface area contributed by atoms with Crippen molar-refractivity contribution in [1.29, 1.82) is 0 Å². The Balaban J connectivity index is 1.35. The van der Waals surface area contributed by atoms with Crippen LogP contribution in [0.2, 0.25) is 0 Å². The van der Waals surface area contributed by atoms with Crippen molar-refractivity contribution in [3.63, 3.8) is 0 Å². The molecule has 0 amide bonds. The number of ether oxygens (including phenoxy) is 3. The molecule has 3 aromatic heterocycles. The van der Waals surface area contributed by atoms with Gasteiger partial charge in [0.1, 0.15) is 11.9 Å². The fourth-order valence-corrected chi connectivity index (χ4v) is 6.55. The first-order valence-corrected chi connectivity index (χ1v) is 14.9. The number of aromatic nitrogens is 4. The lowest BCUT2D eigenvalue weighted by Gasteiger charge is -2.28. The van der Waals surface area contributed by atoms with Crippen LogP contribution in [0.1, 0.15) is 22.6 Å². The monoisotopic (exact) mass is 658 g/mol. The quantitative estimate of drug-likeness (QED) is 0.174. The first-order valence-electron chi connectivity index (χ1n) is 14.1. The Morgan fingerprint density at radius 1 is 0.844 bits per heavy atom. The van der Waals surface area contributed by atoms with Gasteiger partial charge in [0, 0.05) is 5.56 Å². The van der Waals surface area contributed by atoms with Crippen molar-refractivity contribution in [2.24, 2.45) is 0 Å². The summed E-state index contributed by atoms with van der Waals surface area (Å²) < 4.78 is 25.8. The minimum Gasteiger partial charge on any atom is -0.493 e. The molecule has 45 heavy (non-hydrogen) atoms. The minimum atomic E-state index is -0.686. The Bertz CT molecular complexity index is 2320. The Labute approximate surface area is 264 Å². The molecule has 1 atom stereocenters. The summed E-state index contributed by atoms with van der Waals surface area (Å²) in [5.41, 5.74) is 5.06.